The maximum atomic E-state index is 2.29. The van der Waals surface area contributed by atoms with Crippen LogP contribution >= 0.6 is 22.7 Å². The molecule has 0 N–H and O–H groups in total. The van der Waals surface area contributed by atoms with Gasteiger partial charge in [-0.25, -0.2) is 0 Å². The molecule has 2 heterocycles. The fourth-order valence-corrected chi connectivity index (χ4v) is 6.06. The minimum atomic E-state index is 1.36. The van der Waals surface area contributed by atoms with E-state index in [1.165, 1.54) is 54.3 Å². The molecule has 0 amide bonds. The summed E-state index contributed by atoms with van der Waals surface area (Å²) < 4.78 is 0. The standard InChI is InChI=1S/C22H12S2/c1-3-7-15-13(5-1)14-6-2-4-8-16(14)19(15)20-17-9-11-23-21(17)22-18(20)10-12-24-22/h1-12H. The van der Waals surface area contributed by atoms with Crippen molar-refractivity contribution in [2.75, 3.05) is 0 Å². The summed E-state index contributed by atoms with van der Waals surface area (Å²) in [5.41, 5.74) is 11.1. The molecule has 2 aliphatic carbocycles. The van der Waals surface area contributed by atoms with Gasteiger partial charge in [-0.3, -0.25) is 0 Å². The number of hydrogen-bond acceptors (Lipinski definition) is 2. The average molecular weight is 340 g/mol. The zero-order valence-electron chi connectivity index (χ0n) is 12.7. The molecule has 24 heavy (non-hydrogen) atoms. The summed E-state index contributed by atoms with van der Waals surface area (Å²) >= 11 is 3.72. The molecule has 2 aromatic heterocycles. The SMILES string of the molecule is c1ccc2c(c1)C(=C1c3ccsc3-c3sccc31)c1ccccc1-2. The molecule has 2 heteroatoms. The van der Waals surface area contributed by atoms with E-state index in [0.717, 1.165) is 0 Å². The van der Waals surface area contributed by atoms with Crippen LogP contribution < -0.4 is 0 Å². The molecule has 2 aromatic carbocycles. The molecule has 6 rings (SSSR count). The van der Waals surface area contributed by atoms with E-state index in [-0.39, 0.29) is 0 Å². The van der Waals surface area contributed by atoms with Crippen molar-refractivity contribution in [2.45, 2.75) is 0 Å². The topological polar surface area (TPSA) is 0 Å². The second-order valence-electron chi connectivity index (χ2n) is 6.17. The third-order valence-corrected chi connectivity index (χ3v) is 7.00. The highest BCUT2D eigenvalue weighted by molar-refractivity contribution is 7.21. The molecule has 0 spiro atoms. The van der Waals surface area contributed by atoms with Crippen LogP contribution in [0.15, 0.2) is 71.4 Å². The first kappa shape index (κ1) is 12.9. The molecule has 2 aliphatic rings. The van der Waals surface area contributed by atoms with Gasteiger partial charge in [-0.2, -0.15) is 0 Å². The summed E-state index contributed by atoms with van der Waals surface area (Å²) in [5.74, 6) is 0. The van der Waals surface area contributed by atoms with Gasteiger partial charge in [0.15, 0.2) is 0 Å². The van der Waals surface area contributed by atoms with Crippen molar-refractivity contribution in [3.63, 3.8) is 0 Å². The van der Waals surface area contributed by atoms with Crippen LogP contribution in [0.1, 0.15) is 22.3 Å². The fraction of sp³-hybridized carbons (Fsp3) is 0. The Morgan fingerprint density at radius 2 is 0.833 bits per heavy atom. The molecular formula is C22H12S2. The Morgan fingerprint density at radius 3 is 1.33 bits per heavy atom. The van der Waals surface area contributed by atoms with E-state index in [1.807, 2.05) is 22.7 Å². The molecule has 4 aromatic rings. The van der Waals surface area contributed by atoms with Gasteiger partial charge >= 0.3 is 0 Å². The number of benzene rings is 2. The average Bonchev–Trinajstić information content (AvgIpc) is 3.36. The van der Waals surface area contributed by atoms with E-state index in [2.05, 4.69) is 71.4 Å². The van der Waals surface area contributed by atoms with Crippen molar-refractivity contribution in [2.24, 2.45) is 0 Å². The zero-order valence-corrected chi connectivity index (χ0v) is 14.4. The molecule has 0 fully saturated rings. The van der Waals surface area contributed by atoms with E-state index in [0.29, 0.717) is 0 Å². The van der Waals surface area contributed by atoms with Gasteiger partial charge in [0.1, 0.15) is 0 Å². The van der Waals surface area contributed by atoms with Gasteiger partial charge in [-0.15, -0.1) is 22.7 Å². The molecule has 0 bridgehead atoms. The van der Waals surface area contributed by atoms with E-state index in [4.69, 9.17) is 0 Å². The summed E-state index contributed by atoms with van der Waals surface area (Å²) in [7, 11) is 0. The van der Waals surface area contributed by atoms with Crippen molar-refractivity contribution in [3.05, 3.63) is 93.7 Å². The largest absolute Gasteiger partial charge is 0.142 e. The lowest BCUT2D eigenvalue weighted by atomic mass is 9.93. The third-order valence-electron chi connectivity index (χ3n) is 5.01. The predicted molar refractivity (Wildman–Crippen MR) is 105 cm³/mol. The highest BCUT2D eigenvalue weighted by Crippen LogP contribution is 2.56. The van der Waals surface area contributed by atoms with Crippen molar-refractivity contribution < 1.29 is 0 Å². The lowest BCUT2D eigenvalue weighted by molar-refractivity contribution is 1.65. The van der Waals surface area contributed by atoms with Gasteiger partial charge < -0.3 is 0 Å². The Balaban J connectivity index is 1.82. The molecule has 0 saturated carbocycles. The quantitative estimate of drug-likeness (QED) is 0.286. The minimum absolute atomic E-state index is 1.36. The smallest absolute Gasteiger partial charge is 0.0527 e. The van der Waals surface area contributed by atoms with Crippen molar-refractivity contribution in [1.82, 2.24) is 0 Å². The number of fused-ring (bicyclic) bond motifs is 6. The van der Waals surface area contributed by atoms with Crippen LogP contribution in [-0.4, -0.2) is 0 Å². The highest BCUT2D eigenvalue weighted by atomic mass is 32.1. The molecule has 0 atom stereocenters. The van der Waals surface area contributed by atoms with Crippen molar-refractivity contribution >= 4 is 33.8 Å². The van der Waals surface area contributed by atoms with Crippen LogP contribution in [-0.2, 0) is 0 Å². The summed E-state index contributed by atoms with van der Waals surface area (Å²) in [6, 6.07) is 22.2. The normalized spacial score (nSPS) is 13.7. The Morgan fingerprint density at radius 1 is 0.417 bits per heavy atom. The van der Waals surface area contributed by atoms with Gasteiger partial charge in [0.25, 0.3) is 0 Å². The van der Waals surface area contributed by atoms with Gasteiger partial charge in [-0.1, -0.05) is 48.5 Å². The van der Waals surface area contributed by atoms with Crippen LogP contribution in [0.25, 0.3) is 32.0 Å². The predicted octanol–water partition coefficient (Wildman–Crippen LogP) is 6.78. The third kappa shape index (κ3) is 1.48. The van der Waals surface area contributed by atoms with Crippen LogP contribution in [0.3, 0.4) is 0 Å². The Labute approximate surface area is 148 Å². The van der Waals surface area contributed by atoms with Crippen LogP contribution in [0.5, 0.6) is 0 Å². The second-order valence-corrected chi connectivity index (χ2v) is 8.00. The molecule has 112 valence electrons. The minimum Gasteiger partial charge on any atom is -0.142 e. The Hall–Kier alpha value is -2.42. The van der Waals surface area contributed by atoms with Crippen molar-refractivity contribution in [1.29, 1.82) is 0 Å². The lowest BCUT2D eigenvalue weighted by Gasteiger charge is -2.09. The second kappa shape index (κ2) is 4.56. The number of hydrogen-bond donors (Lipinski definition) is 0. The summed E-state index contributed by atoms with van der Waals surface area (Å²) in [6.07, 6.45) is 0. The highest BCUT2D eigenvalue weighted by Gasteiger charge is 2.33. The molecule has 0 saturated heterocycles. The summed E-state index contributed by atoms with van der Waals surface area (Å²) in [6.45, 7) is 0. The number of thiophene rings is 2. The molecule has 0 aliphatic heterocycles. The molecule has 0 radical (unpaired) electrons. The van der Waals surface area contributed by atoms with Gasteiger partial charge in [-0.05, 0) is 50.7 Å². The van der Waals surface area contributed by atoms with Gasteiger partial charge in [0.05, 0.1) is 9.75 Å². The number of rotatable bonds is 0. The summed E-state index contributed by atoms with van der Waals surface area (Å²) in [4.78, 5) is 2.87. The monoisotopic (exact) mass is 340 g/mol. The van der Waals surface area contributed by atoms with E-state index in [1.54, 1.807) is 0 Å². The van der Waals surface area contributed by atoms with Gasteiger partial charge in [0, 0.05) is 16.7 Å². The summed E-state index contributed by atoms with van der Waals surface area (Å²) in [5, 5.41) is 4.45. The molecular weight excluding hydrogens is 328 g/mol. The maximum absolute atomic E-state index is 2.29. The first-order chi connectivity index (χ1) is 11.9. The first-order valence-corrected chi connectivity index (χ1v) is 9.79. The maximum Gasteiger partial charge on any atom is 0.0527 e. The van der Waals surface area contributed by atoms with E-state index in [9.17, 15) is 0 Å². The van der Waals surface area contributed by atoms with Crippen LogP contribution in [0.4, 0.5) is 0 Å². The van der Waals surface area contributed by atoms with Crippen LogP contribution in [0.2, 0.25) is 0 Å². The van der Waals surface area contributed by atoms with Crippen molar-refractivity contribution in [3.8, 4) is 20.9 Å². The van der Waals surface area contributed by atoms with E-state index >= 15 is 0 Å². The first-order valence-electron chi connectivity index (χ1n) is 8.03. The molecule has 0 nitrogen and oxygen atoms in total. The Kier molecular flexibility index (Phi) is 2.46. The fourth-order valence-electron chi connectivity index (χ4n) is 4.06. The molecule has 0 unspecified atom stereocenters. The Bertz CT molecular complexity index is 1060. The zero-order chi connectivity index (χ0) is 15.7. The van der Waals surface area contributed by atoms with Crippen LogP contribution in [0, 0.1) is 0 Å². The van der Waals surface area contributed by atoms with Gasteiger partial charge in [0.2, 0.25) is 0 Å². The lowest BCUT2D eigenvalue weighted by Crippen LogP contribution is -1.89. The van der Waals surface area contributed by atoms with E-state index < -0.39 is 0 Å².